The van der Waals surface area contributed by atoms with Gasteiger partial charge in [-0.3, -0.25) is 0 Å². The number of hydrogen-bond acceptors (Lipinski definition) is 4. The van der Waals surface area contributed by atoms with Crippen molar-refractivity contribution in [1.82, 2.24) is 4.31 Å². The Balaban J connectivity index is 0.00000288. The zero-order chi connectivity index (χ0) is 17.2. The van der Waals surface area contributed by atoms with Crippen molar-refractivity contribution in [3.8, 4) is 5.75 Å². The van der Waals surface area contributed by atoms with E-state index in [0.717, 1.165) is 25.0 Å². The standard InChI is InChI=1S/C14H19ClF2N2O3S.ClH/c1-9(18)10-3-2-6-19(8-10)23(20,21)11-4-5-13(12(15)7-11)22-14(16)17;/h4-5,7,9-10,14H,2-3,6,8,18H2,1H3;1H. The molecule has 2 rings (SSSR count). The average Bonchev–Trinajstić information content (AvgIpc) is 2.49. The number of ether oxygens (including phenoxy) is 1. The zero-order valence-electron chi connectivity index (χ0n) is 13.0. The van der Waals surface area contributed by atoms with Gasteiger partial charge in [0.15, 0.2) is 0 Å². The summed E-state index contributed by atoms with van der Waals surface area (Å²) in [6, 6.07) is 3.38. The number of halogens is 4. The Hall–Kier alpha value is -0.670. The van der Waals surface area contributed by atoms with Gasteiger partial charge in [-0.15, -0.1) is 12.4 Å². The summed E-state index contributed by atoms with van der Waals surface area (Å²) in [5, 5.41) is -0.174. The normalized spacial score (nSPS) is 20.5. The van der Waals surface area contributed by atoms with Gasteiger partial charge in [0.05, 0.1) is 9.92 Å². The van der Waals surface area contributed by atoms with Gasteiger partial charge in [0.25, 0.3) is 0 Å². The summed E-state index contributed by atoms with van der Waals surface area (Å²) in [7, 11) is -3.75. The first-order chi connectivity index (χ1) is 10.7. The summed E-state index contributed by atoms with van der Waals surface area (Å²) < 4.78 is 55.4. The second-order valence-corrected chi connectivity index (χ2v) is 7.94. The van der Waals surface area contributed by atoms with Crippen LogP contribution < -0.4 is 10.5 Å². The Kier molecular flexibility index (Phi) is 7.68. The maximum Gasteiger partial charge on any atom is 0.387 e. The Labute approximate surface area is 151 Å². The summed E-state index contributed by atoms with van der Waals surface area (Å²) in [5.74, 6) is -0.164. The van der Waals surface area contributed by atoms with Crippen molar-refractivity contribution >= 4 is 34.0 Å². The van der Waals surface area contributed by atoms with Gasteiger partial charge in [-0.1, -0.05) is 11.6 Å². The monoisotopic (exact) mass is 404 g/mol. The van der Waals surface area contributed by atoms with E-state index in [2.05, 4.69) is 4.74 Å². The second-order valence-electron chi connectivity index (χ2n) is 5.60. The lowest BCUT2D eigenvalue weighted by Gasteiger charge is -2.33. The Morgan fingerprint density at radius 1 is 1.42 bits per heavy atom. The van der Waals surface area contributed by atoms with Crippen LogP contribution in [-0.4, -0.2) is 38.5 Å². The summed E-state index contributed by atoms with van der Waals surface area (Å²) in [6.07, 6.45) is 1.61. The fraction of sp³-hybridized carbons (Fsp3) is 0.571. The van der Waals surface area contributed by atoms with E-state index in [1.807, 2.05) is 6.92 Å². The summed E-state index contributed by atoms with van der Waals surface area (Å²) >= 11 is 5.84. The van der Waals surface area contributed by atoms with Crippen molar-refractivity contribution in [3.05, 3.63) is 23.2 Å². The number of benzene rings is 1. The van der Waals surface area contributed by atoms with Crippen LogP contribution in [0.25, 0.3) is 0 Å². The molecule has 0 radical (unpaired) electrons. The Morgan fingerprint density at radius 3 is 2.62 bits per heavy atom. The van der Waals surface area contributed by atoms with Crippen LogP contribution >= 0.6 is 24.0 Å². The van der Waals surface area contributed by atoms with Crippen LogP contribution in [0.15, 0.2) is 23.1 Å². The van der Waals surface area contributed by atoms with Gasteiger partial charge < -0.3 is 10.5 Å². The highest BCUT2D eigenvalue weighted by Gasteiger charge is 2.32. The van der Waals surface area contributed by atoms with E-state index in [-0.39, 0.29) is 40.0 Å². The van der Waals surface area contributed by atoms with Crippen molar-refractivity contribution in [3.63, 3.8) is 0 Å². The van der Waals surface area contributed by atoms with Crippen LogP contribution in [0.5, 0.6) is 5.75 Å². The highest BCUT2D eigenvalue weighted by molar-refractivity contribution is 7.89. The largest absolute Gasteiger partial charge is 0.433 e. The molecule has 1 heterocycles. The van der Waals surface area contributed by atoms with Crippen LogP contribution in [0.3, 0.4) is 0 Å². The van der Waals surface area contributed by atoms with Crippen LogP contribution in [0, 0.1) is 5.92 Å². The molecule has 24 heavy (non-hydrogen) atoms. The molecule has 0 amide bonds. The van der Waals surface area contributed by atoms with E-state index >= 15 is 0 Å². The fourth-order valence-corrected chi connectivity index (χ4v) is 4.46. The number of sulfonamides is 1. The summed E-state index contributed by atoms with van der Waals surface area (Å²) in [6.45, 7) is -0.427. The van der Waals surface area contributed by atoms with Crippen LogP contribution in [0.1, 0.15) is 19.8 Å². The molecule has 0 bridgehead atoms. The molecule has 1 aliphatic rings. The lowest BCUT2D eigenvalue weighted by molar-refractivity contribution is -0.0498. The minimum atomic E-state index is -3.75. The number of piperidine rings is 1. The highest BCUT2D eigenvalue weighted by atomic mass is 35.5. The lowest BCUT2D eigenvalue weighted by atomic mass is 9.93. The fourth-order valence-electron chi connectivity index (χ4n) is 2.60. The number of hydrogen-bond donors (Lipinski definition) is 1. The lowest BCUT2D eigenvalue weighted by Crippen LogP contribution is -2.44. The van der Waals surface area contributed by atoms with E-state index in [1.165, 1.54) is 10.4 Å². The molecule has 2 unspecified atom stereocenters. The molecule has 1 aromatic carbocycles. The topological polar surface area (TPSA) is 72.6 Å². The Morgan fingerprint density at radius 2 is 2.08 bits per heavy atom. The van der Waals surface area contributed by atoms with Gasteiger partial charge in [-0.25, -0.2) is 8.42 Å². The molecule has 0 spiro atoms. The smallest absolute Gasteiger partial charge is 0.387 e. The molecule has 1 saturated heterocycles. The maximum atomic E-state index is 12.7. The molecular formula is C14H20Cl2F2N2O3S. The van der Waals surface area contributed by atoms with Gasteiger partial charge in [-0.2, -0.15) is 13.1 Å². The van der Waals surface area contributed by atoms with Gasteiger partial charge in [0.2, 0.25) is 10.0 Å². The first-order valence-electron chi connectivity index (χ1n) is 7.22. The van der Waals surface area contributed by atoms with Crippen LogP contribution in [-0.2, 0) is 10.0 Å². The van der Waals surface area contributed by atoms with Gasteiger partial charge >= 0.3 is 6.61 Å². The molecular weight excluding hydrogens is 385 g/mol. The predicted molar refractivity (Wildman–Crippen MR) is 90.5 cm³/mol. The third-order valence-electron chi connectivity index (χ3n) is 3.92. The number of rotatable bonds is 5. The molecule has 0 aromatic heterocycles. The number of nitrogens with two attached hydrogens (primary N) is 1. The van der Waals surface area contributed by atoms with Crippen molar-refractivity contribution in [2.45, 2.75) is 37.3 Å². The molecule has 2 N–H and O–H groups in total. The van der Waals surface area contributed by atoms with Crippen molar-refractivity contribution in [2.75, 3.05) is 13.1 Å². The quantitative estimate of drug-likeness (QED) is 0.817. The van der Waals surface area contributed by atoms with E-state index < -0.39 is 16.6 Å². The van der Waals surface area contributed by atoms with Crippen molar-refractivity contribution in [2.24, 2.45) is 11.7 Å². The first-order valence-corrected chi connectivity index (χ1v) is 9.03. The van der Waals surface area contributed by atoms with Crippen LogP contribution in [0.4, 0.5) is 8.78 Å². The molecule has 0 saturated carbocycles. The van der Waals surface area contributed by atoms with Crippen molar-refractivity contribution in [1.29, 1.82) is 0 Å². The molecule has 1 fully saturated rings. The van der Waals surface area contributed by atoms with Gasteiger partial charge in [0.1, 0.15) is 5.75 Å². The van der Waals surface area contributed by atoms with Gasteiger partial charge in [0, 0.05) is 19.1 Å². The van der Waals surface area contributed by atoms with E-state index in [0.29, 0.717) is 13.1 Å². The third-order valence-corrected chi connectivity index (χ3v) is 6.08. The molecule has 2 atom stereocenters. The minimum absolute atomic E-state index is 0. The van der Waals surface area contributed by atoms with Gasteiger partial charge in [-0.05, 0) is 43.9 Å². The average molecular weight is 405 g/mol. The molecule has 0 aliphatic carbocycles. The molecule has 1 aliphatic heterocycles. The number of nitrogens with zero attached hydrogens (tertiary/aromatic N) is 1. The van der Waals surface area contributed by atoms with Crippen molar-refractivity contribution < 1.29 is 21.9 Å². The predicted octanol–water partition coefficient (Wildman–Crippen LogP) is 3.11. The molecule has 5 nitrogen and oxygen atoms in total. The van der Waals surface area contributed by atoms with E-state index in [4.69, 9.17) is 17.3 Å². The van der Waals surface area contributed by atoms with E-state index in [1.54, 1.807) is 0 Å². The SMILES string of the molecule is CC(N)C1CCCN(S(=O)(=O)c2ccc(OC(F)F)c(Cl)c2)C1.Cl. The molecule has 10 heteroatoms. The maximum absolute atomic E-state index is 12.7. The second kappa shape index (κ2) is 8.62. The minimum Gasteiger partial charge on any atom is -0.433 e. The zero-order valence-corrected chi connectivity index (χ0v) is 15.4. The number of alkyl halides is 2. The highest BCUT2D eigenvalue weighted by Crippen LogP contribution is 2.31. The Bertz CT molecular complexity index is 659. The summed E-state index contributed by atoms with van der Waals surface area (Å²) in [5.41, 5.74) is 5.87. The third kappa shape index (κ3) is 4.92. The summed E-state index contributed by atoms with van der Waals surface area (Å²) in [4.78, 5) is -0.0468. The molecule has 1 aromatic rings. The first kappa shape index (κ1) is 21.4. The van der Waals surface area contributed by atoms with E-state index in [9.17, 15) is 17.2 Å². The molecule has 138 valence electrons. The van der Waals surface area contributed by atoms with Crippen LogP contribution in [0.2, 0.25) is 5.02 Å².